The quantitative estimate of drug-likeness (QED) is 0.0615. The van der Waals surface area contributed by atoms with Crippen molar-refractivity contribution in [3.8, 4) is 0 Å². The molecule has 0 aliphatic carbocycles. The first-order valence-corrected chi connectivity index (χ1v) is 18.0. The summed E-state index contributed by atoms with van der Waals surface area (Å²) in [6.07, 6.45) is 43.1. The Labute approximate surface area is 241 Å². The van der Waals surface area contributed by atoms with Crippen LogP contribution in [0.1, 0.15) is 219 Å². The van der Waals surface area contributed by atoms with E-state index in [1.54, 1.807) is 0 Å². The molecule has 0 atom stereocenters. The first-order chi connectivity index (χ1) is 18.8. The van der Waals surface area contributed by atoms with E-state index in [9.17, 15) is 4.79 Å². The highest BCUT2D eigenvalue weighted by molar-refractivity contribution is 5.69. The van der Waals surface area contributed by atoms with Crippen molar-refractivity contribution in [2.24, 2.45) is 0 Å². The highest BCUT2D eigenvalue weighted by atomic mass is 16.5. The summed E-state index contributed by atoms with van der Waals surface area (Å²) in [5, 5.41) is 0. The van der Waals surface area contributed by atoms with E-state index in [1.165, 1.54) is 186 Å². The van der Waals surface area contributed by atoms with Gasteiger partial charge in [-0.15, -0.1) is 0 Å². The molecule has 0 unspecified atom stereocenters. The van der Waals surface area contributed by atoms with Gasteiger partial charge >= 0.3 is 5.97 Å². The van der Waals surface area contributed by atoms with Gasteiger partial charge in [-0.25, -0.2) is 0 Å². The predicted molar refractivity (Wildman–Crippen MR) is 170 cm³/mol. The Morgan fingerprint density at radius 3 is 0.868 bits per heavy atom. The number of unbranched alkanes of at least 4 members (excludes halogenated alkanes) is 29. The fourth-order valence-corrected chi connectivity index (χ4v) is 5.55. The maximum Gasteiger partial charge on any atom is 0.305 e. The van der Waals surface area contributed by atoms with Gasteiger partial charge in [0.1, 0.15) is 0 Å². The summed E-state index contributed by atoms with van der Waals surface area (Å²) in [7, 11) is 0. The van der Waals surface area contributed by atoms with Gasteiger partial charge in [-0.2, -0.15) is 0 Å². The van der Waals surface area contributed by atoms with Gasteiger partial charge < -0.3 is 4.74 Å². The lowest BCUT2D eigenvalue weighted by molar-refractivity contribution is -0.143. The Bertz CT molecular complexity index is 433. The molecule has 0 aliphatic rings. The normalized spacial score (nSPS) is 11.3. The van der Waals surface area contributed by atoms with Gasteiger partial charge in [-0.1, -0.05) is 200 Å². The van der Waals surface area contributed by atoms with Crippen molar-refractivity contribution in [1.82, 2.24) is 0 Å². The van der Waals surface area contributed by atoms with Crippen LogP contribution in [0.3, 0.4) is 0 Å². The second kappa shape index (κ2) is 34.5. The van der Waals surface area contributed by atoms with Crippen molar-refractivity contribution < 1.29 is 9.53 Å². The van der Waals surface area contributed by atoms with E-state index in [-0.39, 0.29) is 5.97 Å². The minimum absolute atomic E-state index is 0.0284. The molecular formula is C36H72O2. The molecule has 0 aromatic rings. The van der Waals surface area contributed by atoms with E-state index in [0.29, 0.717) is 13.0 Å². The number of hydrogen-bond acceptors (Lipinski definition) is 2. The summed E-state index contributed by atoms with van der Waals surface area (Å²) in [5.41, 5.74) is 0. The van der Waals surface area contributed by atoms with Crippen molar-refractivity contribution >= 4 is 5.97 Å². The number of carbonyl (C=O) groups is 1. The molecule has 2 nitrogen and oxygen atoms in total. The van der Waals surface area contributed by atoms with Gasteiger partial charge in [-0.3, -0.25) is 4.79 Å². The van der Waals surface area contributed by atoms with Crippen LogP contribution in [-0.2, 0) is 9.53 Å². The summed E-state index contributed by atoms with van der Waals surface area (Å²) in [5.74, 6) is 0.0284. The molecule has 0 saturated carbocycles. The third-order valence-electron chi connectivity index (χ3n) is 8.25. The molecule has 0 saturated heterocycles. The fourth-order valence-electron chi connectivity index (χ4n) is 5.55. The summed E-state index contributed by atoms with van der Waals surface area (Å²) in [6, 6.07) is 0. The second-order valence-electron chi connectivity index (χ2n) is 12.2. The molecule has 2 heteroatoms. The molecule has 0 aromatic carbocycles. The van der Waals surface area contributed by atoms with Crippen molar-refractivity contribution in [3.63, 3.8) is 0 Å². The maximum absolute atomic E-state index is 11.9. The lowest BCUT2D eigenvalue weighted by Gasteiger charge is -2.06. The number of ether oxygens (including phenoxy) is 1. The number of esters is 1. The van der Waals surface area contributed by atoms with Gasteiger partial charge in [0.25, 0.3) is 0 Å². The van der Waals surface area contributed by atoms with Gasteiger partial charge in [0.05, 0.1) is 6.61 Å². The first kappa shape index (κ1) is 37.5. The molecule has 0 rings (SSSR count). The molecule has 0 spiro atoms. The summed E-state index contributed by atoms with van der Waals surface area (Å²) >= 11 is 0. The molecule has 0 amide bonds. The molecule has 0 aromatic heterocycles. The molecule has 0 aliphatic heterocycles. The fraction of sp³-hybridized carbons (Fsp3) is 0.972. The van der Waals surface area contributed by atoms with E-state index in [0.717, 1.165) is 12.8 Å². The number of hydrogen-bond donors (Lipinski definition) is 0. The highest BCUT2D eigenvalue weighted by Gasteiger charge is 2.03. The van der Waals surface area contributed by atoms with E-state index in [2.05, 4.69) is 13.8 Å². The molecule has 228 valence electrons. The maximum atomic E-state index is 11.9. The van der Waals surface area contributed by atoms with Crippen LogP contribution in [0.5, 0.6) is 0 Å². The smallest absolute Gasteiger partial charge is 0.305 e. The number of carbonyl (C=O) groups excluding carboxylic acids is 1. The van der Waals surface area contributed by atoms with E-state index >= 15 is 0 Å². The lowest BCUT2D eigenvalue weighted by Crippen LogP contribution is -2.05. The van der Waals surface area contributed by atoms with Crippen molar-refractivity contribution in [1.29, 1.82) is 0 Å². The topological polar surface area (TPSA) is 26.3 Å². The van der Waals surface area contributed by atoms with Crippen LogP contribution in [-0.4, -0.2) is 12.6 Å². The molecular weight excluding hydrogens is 464 g/mol. The standard InChI is InChI=1S/C36H72O2/c1-3-5-7-9-11-13-15-17-19-20-21-22-24-26-28-30-32-34-36(37)38-35-33-31-29-27-25-23-18-16-14-12-10-8-6-4-2/h3-35H2,1-2H3. The predicted octanol–water partition coefficient (Wildman–Crippen LogP) is 13.1. The van der Waals surface area contributed by atoms with Crippen molar-refractivity contribution in [2.75, 3.05) is 6.61 Å². The molecule has 38 heavy (non-hydrogen) atoms. The van der Waals surface area contributed by atoms with E-state index < -0.39 is 0 Å². The van der Waals surface area contributed by atoms with Gasteiger partial charge in [0.15, 0.2) is 0 Å². The van der Waals surface area contributed by atoms with Crippen molar-refractivity contribution in [3.05, 3.63) is 0 Å². The number of rotatable bonds is 33. The minimum Gasteiger partial charge on any atom is -0.466 e. The first-order valence-electron chi connectivity index (χ1n) is 18.0. The Kier molecular flexibility index (Phi) is 34.0. The zero-order chi connectivity index (χ0) is 27.6. The van der Waals surface area contributed by atoms with Gasteiger partial charge in [0.2, 0.25) is 0 Å². The van der Waals surface area contributed by atoms with Gasteiger partial charge in [0, 0.05) is 6.42 Å². The molecule has 0 bridgehead atoms. The van der Waals surface area contributed by atoms with Crippen LogP contribution in [0.4, 0.5) is 0 Å². The third-order valence-corrected chi connectivity index (χ3v) is 8.25. The van der Waals surface area contributed by atoms with Crippen LogP contribution >= 0.6 is 0 Å². The monoisotopic (exact) mass is 537 g/mol. The zero-order valence-corrected chi connectivity index (χ0v) is 26.7. The van der Waals surface area contributed by atoms with Gasteiger partial charge in [-0.05, 0) is 12.8 Å². The van der Waals surface area contributed by atoms with Crippen LogP contribution < -0.4 is 0 Å². The van der Waals surface area contributed by atoms with E-state index in [1.807, 2.05) is 0 Å². The summed E-state index contributed by atoms with van der Waals surface area (Å²) in [4.78, 5) is 11.9. The van der Waals surface area contributed by atoms with Crippen LogP contribution in [0.2, 0.25) is 0 Å². The van der Waals surface area contributed by atoms with Crippen LogP contribution in [0.25, 0.3) is 0 Å². The van der Waals surface area contributed by atoms with Crippen molar-refractivity contribution in [2.45, 2.75) is 219 Å². The summed E-state index contributed by atoms with van der Waals surface area (Å²) in [6.45, 7) is 5.21. The van der Waals surface area contributed by atoms with E-state index in [4.69, 9.17) is 4.74 Å². The lowest BCUT2D eigenvalue weighted by atomic mass is 10.0. The average Bonchev–Trinajstić information content (AvgIpc) is 2.92. The Morgan fingerprint density at radius 1 is 0.342 bits per heavy atom. The Morgan fingerprint density at radius 2 is 0.579 bits per heavy atom. The Hall–Kier alpha value is -0.530. The highest BCUT2D eigenvalue weighted by Crippen LogP contribution is 2.15. The molecule has 0 heterocycles. The molecule has 0 N–H and O–H groups in total. The zero-order valence-electron chi connectivity index (χ0n) is 26.7. The Balaban J connectivity index is 3.14. The average molecular weight is 537 g/mol. The second-order valence-corrected chi connectivity index (χ2v) is 12.2. The molecule has 0 radical (unpaired) electrons. The minimum atomic E-state index is 0.0284. The molecule has 0 fully saturated rings. The van der Waals surface area contributed by atoms with Crippen LogP contribution in [0.15, 0.2) is 0 Å². The summed E-state index contributed by atoms with van der Waals surface area (Å²) < 4.78 is 5.44. The SMILES string of the molecule is CCCCCCCCCCCCCCCCCCCC(=O)OCCCCCCCCCCCCCCCC. The van der Waals surface area contributed by atoms with Crippen LogP contribution in [0, 0.1) is 0 Å². The largest absolute Gasteiger partial charge is 0.466 e. The third kappa shape index (κ3) is 33.5.